The summed E-state index contributed by atoms with van der Waals surface area (Å²) in [5.41, 5.74) is 3.50. The van der Waals surface area contributed by atoms with Crippen molar-refractivity contribution in [3.63, 3.8) is 0 Å². The lowest BCUT2D eigenvalue weighted by Gasteiger charge is -2.08. The Labute approximate surface area is 164 Å². The van der Waals surface area contributed by atoms with Crippen LogP contribution in [0.2, 0.25) is 0 Å². The van der Waals surface area contributed by atoms with Crippen molar-refractivity contribution in [3.05, 3.63) is 72.4 Å². The van der Waals surface area contributed by atoms with Crippen LogP contribution in [-0.2, 0) is 9.59 Å². The highest BCUT2D eigenvalue weighted by Gasteiger charge is 2.15. The average Bonchev–Trinajstić information content (AvgIpc) is 3.17. The number of anilines is 2. The van der Waals surface area contributed by atoms with Gasteiger partial charge in [-0.1, -0.05) is 18.2 Å². The molecular formula is C20H14N4O3S. The van der Waals surface area contributed by atoms with Gasteiger partial charge in [-0.3, -0.25) is 9.59 Å². The van der Waals surface area contributed by atoms with E-state index in [0.29, 0.717) is 23.0 Å². The van der Waals surface area contributed by atoms with Gasteiger partial charge in [-0.05, 0) is 36.4 Å². The summed E-state index contributed by atoms with van der Waals surface area (Å²) in [6.07, 6.45) is 1.49. The minimum atomic E-state index is -0.790. The Kier molecular flexibility index (Phi) is 4.94. The standard InChI is InChI=1S/C20H14N4O3S/c25-19(23-13-6-7-16-17(10-13)28-12-22-16)20(26)24-14-8-9-21-18(11-14)27-15-4-2-1-3-5-15/h1-12H,(H,23,25)(H,21,24,26). The lowest BCUT2D eigenvalue weighted by atomic mass is 10.3. The smallest absolute Gasteiger partial charge is 0.314 e. The van der Waals surface area contributed by atoms with E-state index in [1.54, 1.807) is 48.0 Å². The first-order valence-electron chi connectivity index (χ1n) is 8.32. The van der Waals surface area contributed by atoms with E-state index >= 15 is 0 Å². The first-order chi connectivity index (χ1) is 13.7. The summed E-state index contributed by atoms with van der Waals surface area (Å²) in [6.45, 7) is 0. The first kappa shape index (κ1) is 17.6. The topological polar surface area (TPSA) is 93.2 Å². The highest BCUT2D eigenvalue weighted by Crippen LogP contribution is 2.23. The molecule has 2 aromatic heterocycles. The summed E-state index contributed by atoms with van der Waals surface area (Å²) in [7, 11) is 0. The lowest BCUT2D eigenvalue weighted by molar-refractivity contribution is -0.132. The second-order valence-corrected chi connectivity index (χ2v) is 6.63. The summed E-state index contributed by atoms with van der Waals surface area (Å²) in [5, 5.41) is 5.12. The first-order valence-corrected chi connectivity index (χ1v) is 9.20. The molecule has 2 N–H and O–H groups in total. The number of para-hydroxylation sites is 1. The predicted molar refractivity (Wildman–Crippen MR) is 108 cm³/mol. The molecule has 2 aromatic carbocycles. The van der Waals surface area contributed by atoms with Gasteiger partial charge < -0.3 is 15.4 Å². The number of thiazole rings is 1. The molecule has 0 bridgehead atoms. The van der Waals surface area contributed by atoms with Crippen molar-refractivity contribution >= 4 is 44.7 Å². The molecular weight excluding hydrogens is 376 g/mol. The zero-order valence-electron chi connectivity index (χ0n) is 14.5. The molecule has 0 saturated heterocycles. The van der Waals surface area contributed by atoms with Gasteiger partial charge in [-0.25, -0.2) is 9.97 Å². The number of aromatic nitrogens is 2. The fourth-order valence-corrected chi connectivity index (χ4v) is 3.18. The number of carbonyl (C=O) groups is 2. The number of hydrogen-bond acceptors (Lipinski definition) is 6. The van der Waals surface area contributed by atoms with Crippen LogP contribution in [0.25, 0.3) is 10.2 Å². The van der Waals surface area contributed by atoms with Gasteiger partial charge >= 0.3 is 11.8 Å². The minimum absolute atomic E-state index is 0.306. The van der Waals surface area contributed by atoms with Gasteiger partial charge in [0.2, 0.25) is 5.88 Å². The third-order valence-corrected chi connectivity index (χ3v) is 4.55. The van der Waals surface area contributed by atoms with Crippen LogP contribution < -0.4 is 15.4 Å². The number of rotatable bonds is 4. The molecule has 4 rings (SSSR count). The molecule has 138 valence electrons. The molecule has 8 heteroatoms. The van der Waals surface area contributed by atoms with Crippen LogP contribution >= 0.6 is 11.3 Å². The fraction of sp³-hybridized carbons (Fsp3) is 0. The van der Waals surface area contributed by atoms with Crippen molar-refractivity contribution < 1.29 is 14.3 Å². The van der Waals surface area contributed by atoms with E-state index in [-0.39, 0.29) is 0 Å². The van der Waals surface area contributed by atoms with Crippen LogP contribution in [0.1, 0.15) is 0 Å². The molecule has 0 atom stereocenters. The molecule has 0 aliphatic carbocycles. The van der Waals surface area contributed by atoms with Crippen molar-refractivity contribution in [1.82, 2.24) is 9.97 Å². The van der Waals surface area contributed by atoms with Crippen molar-refractivity contribution in [2.24, 2.45) is 0 Å². The van der Waals surface area contributed by atoms with E-state index in [2.05, 4.69) is 20.6 Å². The molecule has 2 amide bonds. The SMILES string of the molecule is O=C(Nc1ccnc(Oc2ccccc2)c1)C(=O)Nc1ccc2ncsc2c1. The molecule has 0 fully saturated rings. The molecule has 0 radical (unpaired) electrons. The molecule has 0 unspecified atom stereocenters. The summed E-state index contributed by atoms with van der Waals surface area (Å²) < 4.78 is 6.55. The number of nitrogens with zero attached hydrogens (tertiary/aromatic N) is 2. The van der Waals surface area contributed by atoms with E-state index in [4.69, 9.17) is 4.74 Å². The van der Waals surface area contributed by atoms with Crippen molar-refractivity contribution in [2.75, 3.05) is 10.6 Å². The monoisotopic (exact) mass is 390 g/mol. The Bertz CT molecular complexity index is 1140. The second-order valence-electron chi connectivity index (χ2n) is 5.74. The normalized spacial score (nSPS) is 10.4. The van der Waals surface area contributed by atoms with E-state index in [0.717, 1.165) is 10.2 Å². The zero-order chi connectivity index (χ0) is 19.3. The Morgan fingerprint density at radius 3 is 2.39 bits per heavy atom. The molecule has 0 spiro atoms. The van der Waals surface area contributed by atoms with Gasteiger partial charge in [-0.15, -0.1) is 11.3 Å². The van der Waals surface area contributed by atoms with Crippen LogP contribution in [0.15, 0.2) is 72.4 Å². The average molecular weight is 390 g/mol. The summed E-state index contributed by atoms with van der Waals surface area (Å²) >= 11 is 1.46. The molecule has 4 aromatic rings. The Morgan fingerprint density at radius 1 is 0.857 bits per heavy atom. The second kappa shape index (κ2) is 7.85. The minimum Gasteiger partial charge on any atom is -0.439 e. The van der Waals surface area contributed by atoms with Crippen LogP contribution in [0, 0.1) is 0 Å². The number of carbonyl (C=O) groups excluding carboxylic acids is 2. The number of ether oxygens (including phenoxy) is 1. The molecule has 0 aliphatic heterocycles. The number of fused-ring (bicyclic) bond motifs is 1. The van der Waals surface area contributed by atoms with Gasteiger partial charge in [-0.2, -0.15) is 0 Å². The van der Waals surface area contributed by atoms with E-state index in [1.165, 1.54) is 17.5 Å². The highest BCUT2D eigenvalue weighted by molar-refractivity contribution is 7.16. The van der Waals surface area contributed by atoms with Crippen LogP contribution in [0.4, 0.5) is 11.4 Å². The Morgan fingerprint density at radius 2 is 1.61 bits per heavy atom. The summed E-state index contributed by atoms with van der Waals surface area (Å²) in [5.74, 6) is -0.637. The van der Waals surface area contributed by atoms with Crippen LogP contribution in [0.3, 0.4) is 0 Å². The largest absolute Gasteiger partial charge is 0.439 e. The van der Waals surface area contributed by atoms with E-state index < -0.39 is 11.8 Å². The fourth-order valence-electron chi connectivity index (χ4n) is 2.46. The van der Waals surface area contributed by atoms with Gasteiger partial charge in [0.25, 0.3) is 0 Å². The lowest BCUT2D eigenvalue weighted by Crippen LogP contribution is -2.29. The molecule has 7 nitrogen and oxygen atoms in total. The van der Waals surface area contributed by atoms with Crippen molar-refractivity contribution in [1.29, 1.82) is 0 Å². The maximum absolute atomic E-state index is 12.2. The van der Waals surface area contributed by atoms with Gasteiger partial charge in [0.1, 0.15) is 5.75 Å². The highest BCUT2D eigenvalue weighted by atomic mass is 32.1. The number of hydrogen-bond donors (Lipinski definition) is 2. The zero-order valence-corrected chi connectivity index (χ0v) is 15.3. The summed E-state index contributed by atoms with van der Waals surface area (Å²) in [6, 6.07) is 17.5. The van der Waals surface area contributed by atoms with Gasteiger partial charge in [0.05, 0.1) is 15.7 Å². The molecule has 0 saturated carbocycles. The van der Waals surface area contributed by atoms with Crippen LogP contribution in [-0.4, -0.2) is 21.8 Å². The van der Waals surface area contributed by atoms with Crippen molar-refractivity contribution in [3.8, 4) is 11.6 Å². The Balaban J connectivity index is 1.41. The molecule has 0 aliphatic rings. The van der Waals surface area contributed by atoms with Gasteiger partial charge in [0, 0.05) is 23.6 Å². The Hall–Kier alpha value is -3.78. The maximum Gasteiger partial charge on any atom is 0.314 e. The number of nitrogens with one attached hydrogen (secondary N) is 2. The number of benzene rings is 2. The molecule has 2 heterocycles. The predicted octanol–water partition coefficient (Wildman–Crippen LogP) is 4.06. The number of amides is 2. The van der Waals surface area contributed by atoms with Crippen LogP contribution in [0.5, 0.6) is 11.6 Å². The number of pyridine rings is 1. The van der Waals surface area contributed by atoms with Crippen molar-refractivity contribution in [2.45, 2.75) is 0 Å². The third-order valence-electron chi connectivity index (χ3n) is 3.75. The third kappa shape index (κ3) is 4.13. The van der Waals surface area contributed by atoms with E-state index in [1.807, 2.05) is 18.2 Å². The molecule has 28 heavy (non-hydrogen) atoms. The van der Waals surface area contributed by atoms with E-state index in [9.17, 15) is 9.59 Å². The maximum atomic E-state index is 12.2. The summed E-state index contributed by atoms with van der Waals surface area (Å²) in [4.78, 5) is 32.7. The quantitative estimate of drug-likeness (QED) is 0.513. The van der Waals surface area contributed by atoms with Gasteiger partial charge in [0.15, 0.2) is 0 Å².